The first-order valence-corrected chi connectivity index (χ1v) is 8.11. The normalized spacial score (nSPS) is 12.4. The Morgan fingerprint density at radius 1 is 1.30 bits per heavy atom. The zero-order valence-electron chi connectivity index (χ0n) is 10.3. The largest absolute Gasteiger partial charge is 0.271 e. The topological polar surface area (TPSA) is 38.0 Å². The highest BCUT2D eigenvalue weighted by Gasteiger charge is 2.16. The Hall–Kier alpha value is -0.210. The van der Waals surface area contributed by atoms with Crippen LogP contribution in [0.2, 0.25) is 5.02 Å². The number of hydrogen-bond donors (Lipinski definition) is 2. The predicted molar refractivity (Wildman–Crippen MR) is 92.0 cm³/mol. The lowest BCUT2D eigenvalue weighted by Gasteiger charge is -2.19. The Morgan fingerprint density at radius 3 is 2.65 bits per heavy atom. The monoisotopic (exact) mass is 468 g/mol. The molecule has 0 bridgehead atoms. The molecule has 0 amide bonds. The summed E-state index contributed by atoms with van der Waals surface area (Å²) in [5, 5.41) is 0.678. The molecule has 6 heteroatoms. The van der Waals surface area contributed by atoms with Crippen LogP contribution in [0.25, 0.3) is 0 Å². The average Bonchev–Trinajstić information content (AvgIpc) is 2.39. The van der Waals surface area contributed by atoms with Gasteiger partial charge in [-0.15, -0.1) is 0 Å². The third-order valence-electron chi connectivity index (χ3n) is 2.98. The van der Waals surface area contributed by atoms with Crippen LogP contribution in [0.15, 0.2) is 40.9 Å². The summed E-state index contributed by atoms with van der Waals surface area (Å²) in [7, 11) is 0. The van der Waals surface area contributed by atoms with Gasteiger partial charge < -0.3 is 0 Å². The Labute approximate surface area is 144 Å². The Bertz CT molecular complexity index is 624. The molecular weight excluding hydrogens is 457 g/mol. The van der Waals surface area contributed by atoms with Crippen molar-refractivity contribution in [1.29, 1.82) is 0 Å². The van der Waals surface area contributed by atoms with Gasteiger partial charge in [0.1, 0.15) is 5.82 Å². The highest BCUT2D eigenvalue weighted by molar-refractivity contribution is 14.1. The van der Waals surface area contributed by atoms with E-state index in [-0.39, 0.29) is 11.9 Å². The minimum Gasteiger partial charge on any atom is -0.271 e. The smallest absolute Gasteiger partial charge is 0.124 e. The van der Waals surface area contributed by atoms with Crippen LogP contribution in [-0.4, -0.2) is 0 Å². The maximum Gasteiger partial charge on any atom is 0.124 e. The molecule has 0 aliphatic carbocycles. The third-order valence-corrected chi connectivity index (χ3v) is 4.76. The van der Waals surface area contributed by atoms with E-state index >= 15 is 0 Å². The first-order chi connectivity index (χ1) is 9.51. The quantitative estimate of drug-likeness (QED) is 0.391. The first kappa shape index (κ1) is 16.2. The summed E-state index contributed by atoms with van der Waals surface area (Å²) in [5.74, 6) is 5.39. The summed E-state index contributed by atoms with van der Waals surface area (Å²) >= 11 is 11.7. The molecule has 1 atom stereocenters. The van der Waals surface area contributed by atoms with Crippen LogP contribution in [0.5, 0.6) is 0 Å². The van der Waals surface area contributed by atoms with Gasteiger partial charge in [0, 0.05) is 13.1 Å². The molecule has 0 heterocycles. The van der Waals surface area contributed by atoms with Crippen molar-refractivity contribution in [2.24, 2.45) is 5.84 Å². The first-order valence-electron chi connectivity index (χ1n) is 5.86. The lowest BCUT2D eigenvalue weighted by atomic mass is 9.99. The minimum atomic E-state index is -0.254. The fourth-order valence-electron chi connectivity index (χ4n) is 1.95. The summed E-state index contributed by atoms with van der Waals surface area (Å²) in [5.41, 5.74) is 4.71. The van der Waals surface area contributed by atoms with Crippen molar-refractivity contribution in [2.75, 3.05) is 0 Å². The van der Waals surface area contributed by atoms with Gasteiger partial charge in [-0.25, -0.2) is 4.39 Å². The maximum absolute atomic E-state index is 13.2. The van der Waals surface area contributed by atoms with Crippen molar-refractivity contribution in [1.82, 2.24) is 5.43 Å². The second kappa shape index (κ2) is 7.17. The zero-order chi connectivity index (χ0) is 14.7. The van der Waals surface area contributed by atoms with Crippen molar-refractivity contribution in [3.63, 3.8) is 0 Å². The van der Waals surface area contributed by atoms with Crippen LogP contribution < -0.4 is 11.3 Å². The van der Waals surface area contributed by atoms with Gasteiger partial charge in [0.15, 0.2) is 0 Å². The van der Waals surface area contributed by atoms with E-state index in [0.29, 0.717) is 11.4 Å². The highest BCUT2D eigenvalue weighted by atomic mass is 127. The van der Waals surface area contributed by atoms with Gasteiger partial charge in [-0.3, -0.25) is 11.3 Å². The van der Waals surface area contributed by atoms with E-state index in [1.807, 2.05) is 18.2 Å². The SMILES string of the molecule is NNC(Cc1ccc(Br)cc1Cl)c1ccc(F)cc1I. The van der Waals surface area contributed by atoms with Crippen LogP contribution in [0.3, 0.4) is 0 Å². The highest BCUT2D eigenvalue weighted by Crippen LogP contribution is 2.28. The molecule has 2 rings (SSSR count). The molecule has 106 valence electrons. The lowest BCUT2D eigenvalue weighted by molar-refractivity contribution is 0.546. The van der Waals surface area contributed by atoms with Crippen LogP contribution in [-0.2, 0) is 6.42 Å². The third kappa shape index (κ3) is 3.92. The molecule has 0 aliphatic heterocycles. The van der Waals surface area contributed by atoms with E-state index in [9.17, 15) is 4.39 Å². The van der Waals surface area contributed by atoms with Crippen molar-refractivity contribution >= 4 is 50.1 Å². The average molecular weight is 470 g/mol. The van der Waals surface area contributed by atoms with Gasteiger partial charge in [-0.1, -0.05) is 39.7 Å². The Balaban J connectivity index is 2.28. The van der Waals surface area contributed by atoms with Gasteiger partial charge in [-0.2, -0.15) is 0 Å². The molecule has 0 spiro atoms. The van der Waals surface area contributed by atoms with Crippen LogP contribution in [0.1, 0.15) is 17.2 Å². The van der Waals surface area contributed by atoms with Crippen LogP contribution in [0.4, 0.5) is 4.39 Å². The molecule has 2 aromatic carbocycles. The van der Waals surface area contributed by atoms with Crippen LogP contribution >= 0.6 is 50.1 Å². The second-order valence-corrected chi connectivity index (χ2v) is 6.81. The molecule has 1 unspecified atom stereocenters. The van der Waals surface area contributed by atoms with E-state index in [1.54, 1.807) is 6.07 Å². The summed E-state index contributed by atoms with van der Waals surface area (Å²) in [6.45, 7) is 0. The molecule has 20 heavy (non-hydrogen) atoms. The van der Waals surface area contributed by atoms with Gasteiger partial charge >= 0.3 is 0 Å². The fraction of sp³-hybridized carbons (Fsp3) is 0.143. The standard InChI is InChI=1S/C14H12BrClFIN2/c15-9-2-1-8(12(16)6-9)5-14(20-19)11-4-3-10(17)7-13(11)18/h1-4,6-7,14,20H,5,19H2. The molecule has 0 radical (unpaired) electrons. The summed E-state index contributed by atoms with van der Waals surface area (Å²) < 4.78 is 14.9. The lowest BCUT2D eigenvalue weighted by Crippen LogP contribution is -2.30. The number of rotatable bonds is 4. The number of nitrogens with one attached hydrogen (secondary N) is 1. The van der Waals surface area contributed by atoms with Crippen LogP contribution in [0, 0.1) is 9.39 Å². The van der Waals surface area contributed by atoms with E-state index in [4.69, 9.17) is 17.4 Å². The van der Waals surface area contributed by atoms with Crippen molar-refractivity contribution in [3.8, 4) is 0 Å². The molecule has 0 aliphatic rings. The van der Waals surface area contributed by atoms with E-state index in [1.165, 1.54) is 12.1 Å². The Kier molecular flexibility index (Phi) is 5.80. The Morgan fingerprint density at radius 2 is 2.05 bits per heavy atom. The number of halogens is 4. The maximum atomic E-state index is 13.2. The van der Waals surface area contributed by atoms with E-state index in [2.05, 4.69) is 43.9 Å². The minimum absolute atomic E-state index is 0.124. The second-order valence-electron chi connectivity index (χ2n) is 4.32. The molecule has 2 nitrogen and oxygen atoms in total. The molecule has 0 saturated carbocycles. The summed E-state index contributed by atoms with van der Waals surface area (Å²) in [6.07, 6.45) is 0.629. The molecule has 0 aromatic heterocycles. The number of hydrazine groups is 1. The number of nitrogens with two attached hydrogens (primary N) is 1. The number of benzene rings is 2. The molecule has 3 N–H and O–H groups in total. The van der Waals surface area contributed by atoms with Gasteiger partial charge in [0.25, 0.3) is 0 Å². The molecule has 0 saturated heterocycles. The van der Waals surface area contributed by atoms with Gasteiger partial charge in [0.05, 0.1) is 6.04 Å². The molecular formula is C14H12BrClFIN2. The van der Waals surface area contributed by atoms with E-state index in [0.717, 1.165) is 19.2 Å². The van der Waals surface area contributed by atoms with Gasteiger partial charge in [0.2, 0.25) is 0 Å². The molecule has 0 fully saturated rings. The predicted octanol–water partition coefficient (Wildman–Crippen LogP) is 4.59. The van der Waals surface area contributed by atoms with Gasteiger partial charge in [-0.05, 0) is 64.4 Å². The fourth-order valence-corrected chi connectivity index (χ4v) is 3.55. The van der Waals surface area contributed by atoms with Crippen molar-refractivity contribution in [3.05, 3.63) is 66.4 Å². The molecule has 2 aromatic rings. The summed E-state index contributed by atoms with van der Waals surface area (Å²) in [6, 6.07) is 10.3. The summed E-state index contributed by atoms with van der Waals surface area (Å²) in [4.78, 5) is 0. The van der Waals surface area contributed by atoms with Crippen molar-refractivity contribution in [2.45, 2.75) is 12.5 Å². The van der Waals surface area contributed by atoms with Crippen molar-refractivity contribution < 1.29 is 4.39 Å². The zero-order valence-corrected chi connectivity index (χ0v) is 14.8. The number of hydrogen-bond acceptors (Lipinski definition) is 2. The van der Waals surface area contributed by atoms with E-state index < -0.39 is 0 Å².